The van der Waals surface area contributed by atoms with Gasteiger partial charge in [0.05, 0.1) is 40.3 Å². The van der Waals surface area contributed by atoms with Gasteiger partial charge in [0, 0.05) is 12.8 Å². The summed E-state index contributed by atoms with van der Waals surface area (Å²) < 4.78 is 22.8. The van der Waals surface area contributed by atoms with Gasteiger partial charge in [-0.25, -0.2) is 0 Å². The molecule has 9 heteroatoms. The standard InChI is InChI=1S/C78H137NO8/c1-6-8-10-12-14-16-18-20-22-24-26-28-30-32-34-35-36-37-38-39-40-41-43-44-46-48-50-52-54-56-58-60-62-64-66-68-75(80)85-72-74(73-86-78(77(82)83)84-71-70-79(3,4)5)87-76(81)69-67-65-63-61-59-57-55-53-51-49-47-45-42-33-31-29-27-25-23-21-19-17-15-13-11-9-7-2/h9,11,15,17-18,20-21,23-24,26-27,29,33,42,47,49,74,78H,6-8,10,12-14,16,19,22,25,28,30-32,34-41,43-46,48,50-73H2,1-5H3/b11-9-,17-15-,20-18-,23-21-,26-24-,29-27-,42-33-,49-47-. The van der Waals surface area contributed by atoms with E-state index in [0.29, 0.717) is 17.4 Å². The minimum Gasteiger partial charge on any atom is -0.545 e. The molecular weight excluding hydrogens is 1080 g/mol. The number of aliphatic carboxylic acids is 1. The Morgan fingerprint density at radius 3 is 0.977 bits per heavy atom. The molecule has 0 aliphatic heterocycles. The maximum atomic E-state index is 12.9. The maximum Gasteiger partial charge on any atom is 0.306 e. The Hall–Kier alpha value is -3.79. The highest BCUT2D eigenvalue weighted by molar-refractivity contribution is 5.70. The molecule has 87 heavy (non-hydrogen) atoms. The van der Waals surface area contributed by atoms with Gasteiger partial charge in [0.1, 0.15) is 13.2 Å². The zero-order valence-corrected chi connectivity index (χ0v) is 57.4. The summed E-state index contributed by atoms with van der Waals surface area (Å²) in [4.78, 5) is 37.5. The van der Waals surface area contributed by atoms with Crippen LogP contribution in [0.5, 0.6) is 0 Å². The van der Waals surface area contributed by atoms with E-state index < -0.39 is 24.3 Å². The number of allylic oxidation sites excluding steroid dienone is 16. The fourth-order valence-corrected chi connectivity index (χ4v) is 10.3. The van der Waals surface area contributed by atoms with Gasteiger partial charge in [-0.15, -0.1) is 0 Å². The summed E-state index contributed by atoms with van der Waals surface area (Å²) in [6.07, 6.45) is 90.7. The molecule has 9 nitrogen and oxygen atoms in total. The van der Waals surface area contributed by atoms with Crippen LogP contribution in [0.4, 0.5) is 0 Å². The first-order valence-corrected chi connectivity index (χ1v) is 36.4. The van der Waals surface area contributed by atoms with E-state index in [0.717, 1.165) is 89.9 Å². The van der Waals surface area contributed by atoms with E-state index in [-0.39, 0.29) is 38.6 Å². The van der Waals surface area contributed by atoms with Gasteiger partial charge in [0.25, 0.3) is 0 Å². The molecule has 0 aliphatic carbocycles. The third-order valence-electron chi connectivity index (χ3n) is 15.8. The van der Waals surface area contributed by atoms with Gasteiger partial charge in [-0.3, -0.25) is 9.59 Å². The van der Waals surface area contributed by atoms with Crippen LogP contribution < -0.4 is 5.11 Å². The quantitative estimate of drug-likeness (QED) is 0.0195. The predicted molar refractivity (Wildman–Crippen MR) is 371 cm³/mol. The molecule has 0 heterocycles. The molecule has 0 N–H and O–H groups in total. The zero-order chi connectivity index (χ0) is 63.3. The Morgan fingerprint density at radius 2 is 0.655 bits per heavy atom. The van der Waals surface area contributed by atoms with Crippen molar-refractivity contribution in [1.82, 2.24) is 0 Å². The van der Waals surface area contributed by atoms with Crippen molar-refractivity contribution in [3.63, 3.8) is 0 Å². The van der Waals surface area contributed by atoms with Crippen LogP contribution >= 0.6 is 0 Å². The summed E-state index contributed by atoms with van der Waals surface area (Å²) in [6, 6.07) is 0. The smallest absolute Gasteiger partial charge is 0.306 e. The molecule has 0 amide bonds. The van der Waals surface area contributed by atoms with Crippen molar-refractivity contribution >= 4 is 17.9 Å². The second-order valence-electron chi connectivity index (χ2n) is 25.5. The molecule has 0 saturated carbocycles. The molecule has 0 fully saturated rings. The molecule has 0 aromatic heterocycles. The Balaban J connectivity index is 4.07. The molecule has 0 radical (unpaired) electrons. The molecule has 2 atom stereocenters. The maximum absolute atomic E-state index is 12.9. The Bertz CT molecular complexity index is 1750. The van der Waals surface area contributed by atoms with Crippen molar-refractivity contribution in [2.75, 3.05) is 47.5 Å². The van der Waals surface area contributed by atoms with Crippen molar-refractivity contribution < 1.29 is 42.9 Å². The Kier molecular flexibility index (Phi) is 65.2. The highest BCUT2D eigenvalue weighted by Crippen LogP contribution is 2.18. The van der Waals surface area contributed by atoms with E-state index in [2.05, 4.69) is 111 Å². The lowest BCUT2D eigenvalue weighted by molar-refractivity contribution is -0.870. The van der Waals surface area contributed by atoms with Crippen molar-refractivity contribution in [3.05, 3.63) is 97.2 Å². The van der Waals surface area contributed by atoms with Crippen molar-refractivity contribution in [3.8, 4) is 0 Å². The number of hydrogen-bond donors (Lipinski definition) is 0. The summed E-state index contributed by atoms with van der Waals surface area (Å²) in [7, 11) is 5.93. The number of ether oxygens (including phenoxy) is 4. The highest BCUT2D eigenvalue weighted by atomic mass is 16.7. The minimum absolute atomic E-state index is 0.143. The number of carboxylic acids is 1. The number of carbonyl (C=O) groups excluding carboxylic acids is 3. The van der Waals surface area contributed by atoms with Crippen LogP contribution in [0.25, 0.3) is 0 Å². The van der Waals surface area contributed by atoms with Crippen LogP contribution in [0, 0.1) is 0 Å². The Morgan fingerprint density at radius 1 is 0.356 bits per heavy atom. The topological polar surface area (TPSA) is 111 Å². The number of unbranched alkanes of at least 4 members (excludes halogenated alkanes) is 36. The fourth-order valence-electron chi connectivity index (χ4n) is 10.3. The molecule has 0 aromatic rings. The van der Waals surface area contributed by atoms with Crippen LogP contribution in [0.1, 0.15) is 322 Å². The summed E-state index contributed by atoms with van der Waals surface area (Å²) in [5.74, 6) is -2.29. The summed E-state index contributed by atoms with van der Waals surface area (Å²) in [6.45, 7) is 4.64. The van der Waals surface area contributed by atoms with Gasteiger partial charge in [0.15, 0.2) is 12.4 Å². The van der Waals surface area contributed by atoms with Crippen LogP contribution in [0.3, 0.4) is 0 Å². The minimum atomic E-state index is -1.63. The van der Waals surface area contributed by atoms with Crippen molar-refractivity contribution in [1.29, 1.82) is 0 Å². The number of esters is 2. The first kappa shape index (κ1) is 83.2. The van der Waals surface area contributed by atoms with E-state index in [1.54, 1.807) is 0 Å². The lowest BCUT2D eigenvalue weighted by atomic mass is 10.0. The number of likely N-dealkylation sites (N-methyl/N-ethyl adjacent to an activating group) is 1. The van der Waals surface area contributed by atoms with E-state index >= 15 is 0 Å². The van der Waals surface area contributed by atoms with Crippen LogP contribution in [-0.4, -0.2) is 82.3 Å². The van der Waals surface area contributed by atoms with E-state index in [1.165, 1.54) is 199 Å². The number of quaternary nitrogens is 1. The molecule has 2 unspecified atom stereocenters. The zero-order valence-electron chi connectivity index (χ0n) is 57.4. The van der Waals surface area contributed by atoms with Gasteiger partial charge in [-0.05, 0) is 96.3 Å². The lowest BCUT2D eigenvalue weighted by Gasteiger charge is -2.26. The largest absolute Gasteiger partial charge is 0.545 e. The van der Waals surface area contributed by atoms with Crippen LogP contribution in [0.2, 0.25) is 0 Å². The van der Waals surface area contributed by atoms with Gasteiger partial charge in [-0.2, -0.15) is 0 Å². The highest BCUT2D eigenvalue weighted by Gasteiger charge is 2.22. The van der Waals surface area contributed by atoms with Crippen molar-refractivity contribution in [2.45, 2.75) is 334 Å². The predicted octanol–water partition coefficient (Wildman–Crippen LogP) is 21.5. The van der Waals surface area contributed by atoms with Crippen LogP contribution in [-0.2, 0) is 33.3 Å². The monoisotopic (exact) mass is 1220 g/mol. The molecule has 0 rings (SSSR count). The molecule has 0 aromatic carbocycles. The number of rotatable bonds is 67. The number of carboxylic acid groups (broad SMARTS) is 1. The first-order valence-electron chi connectivity index (χ1n) is 36.4. The summed E-state index contributed by atoms with van der Waals surface area (Å²) in [5.41, 5.74) is 0. The van der Waals surface area contributed by atoms with Crippen molar-refractivity contribution in [2.24, 2.45) is 0 Å². The molecule has 0 aliphatic rings. The third kappa shape index (κ3) is 69.5. The van der Waals surface area contributed by atoms with E-state index in [9.17, 15) is 19.5 Å². The van der Waals surface area contributed by atoms with Gasteiger partial charge >= 0.3 is 11.9 Å². The molecular formula is C78H137NO8. The number of nitrogens with zero attached hydrogens (tertiary/aromatic N) is 1. The van der Waals surface area contributed by atoms with Gasteiger partial charge in [-0.1, -0.05) is 310 Å². The Labute approximate surface area is 537 Å². The van der Waals surface area contributed by atoms with Crippen LogP contribution in [0.15, 0.2) is 97.2 Å². The average molecular weight is 1220 g/mol. The summed E-state index contributed by atoms with van der Waals surface area (Å²) >= 11 is 0. The molecule has 0 saturated heterocycles. The SMILES string of the molecule is CC/C=C\C/C=C\C/C=C\C/C=C\C/C=C\C/C=C\CCCCCCCCCCC(=O)OC(COC(=O)CCCCCCCCCCCCCCCCCCCCCCCCC/C=C\C/C=C\CCCCCCC)COC(OCC[N+](C)(C)C)C(=O)[O-]. The number of hydrogen-bond acceptors (Lipinski definition) is 8. The third-order valence-corrected chi connectivity index (χ3v) is 15.8. The second-order valence-corrected chi connectivity index (χ2v) is 25.5. The normalized spacial score (nSPS) is 13.3. The number of carbonyl (C=O) groups is 3. The molecule has 0 spiro atoms. The second kappa shape index (κ2) is 68.1. The summed E-state index contributed by atoms with van der Waals surface area (Å²) in [5, 5.41) is 11.8. The fraction of sp³-hybridized carbons (Fsp3) is 0.756. The molecule has 0 bridgehead atoms. The first-order chi connectivity index (χ1) is 42.6. The van der Waals surface area contributed by atoms with Gasteiger partial charge in [0.2, 0.25) is 0 Å². The molecule has 502 valence electrons. The van der Waals surface area contributed by atoms with E-state index in [1.807, 2.05) is 21.1 Å². The lowest BCUT2D eigenvalue weighted by Crippen LogP contribution is -2.44. The van der Waals surface area contributed by atoms with Gasteiger partial charge < -0.3 is 33.3 Å². The average Bonchev–Trinajstić information content (AvgIpc) is 3.56. The van der Waals surface area contributed by atoms with E-state index in [4.69, 9.17) is 18.9 Å².